The highest BCUT2D eigenvalue weighted by molar-refractivity contribution is 5.75. The molecular weight excluding hydrogens is 214 g/mol. The quantitative estimate of drug-likeness (QED) is 0.818. The molecule has 0 aliphatic carbocycles. The molecule has 0 aliphatic rings. The van der Waals surface area contributed by atoms with E-state index in [0.717, 1.165) is 23.0 Å². The van der Waals surface area contributed by atoms with Crippen LogP contribution in [0, 0.1) is 6.92 Å². The van der Waals surface area contributed by atoms with Crippen molar-refractivity contribution in [2.45, 2.75) is 13.0 Å². The summed E-state index contributed by atoms with van der Waals surface area (Å²) in [5.41, 5.74) is 3.05. The minimum absolute atomic E-state index is 0.615. The lowest BCUT2D eigenvalue weighted by molar-refractivity contribution is 0.112. The third kappa shape index (κ3) is 2.40. The van der Waals surface area contributed by atoms with Crippen molar-refractivity contribution >= 4 is 6.29 Å². The van der Waals surface area contributed by atoms with Gasteiger partial charge in [-0.1, -0.05) is 18.2 Å². The molecule has 1 unspecified atom stereocenters. The largest absolute Gasteiger partial charge is 0.384 e. The van der Waals surface area contributed by atoms with Gasteiger partial charge in [0.2, 0.25) is 0 Å². The number of aliphatic hydroxyl groups is 1. The minimum atomic E-state index is -0.704. The molecule has 0 amide bonds. The van der Waals surface area contributed by atoms with Crippen molar-refractivity contribution in [3.63, 3.8) is 0 Å². The van der Waals surface area contributed by atoms with E-state index in [0.29, 0.717) is 5.56 Å². The molecule has 1 heterocycles. The Labute approximate surface area is 99.8 Å². The Hall–Kier alpha value is -2.00. The first kappa shape index (κ1) is 11.5. The van der Waals surface area contributed by atoms with Crippen LogP contribution in [0.2, 0.25) is 0 Å². The number of aryl methyl sites for hydroxylation is 1. The number of aromatic nitrogens is 1. The van der Waals surface area contributed by atoms with Crippen molar-refractivity contribution < 1.29 is 9.90 Å². The minimum Gasteiger partial charge on any atom is -0.384 e. The van der Waals surface area contributed by atoms with E-state index < -0.39 is 6.10 Å². The molecule has 3 nitrogen and oxygen atoms in total. The zero-order valence-electron chi connectivity index (χ0n) is 9.50. The van der Waals surface area contributed by atoms with E-state index in [1.54, 1.807) is 36.7 Å². The molecule has 1 N–H and O–H groups in total. The lowest BCUT2D eigenvalue weighted by Gasteiger charge is -2.13. The molecular formula is C14H13NO2. The van der Waals surface area contributed by atoms with E-state index in [2.05, 4.69) is 4.98 Å². The van der Waals surface area contributed by atoms with Gasteiger partial charge in [0.1, 0.15) is 12.4 Å². The number of hydrogen-bond acceptors (Lipinski definition) is 3. The summed E-state index contributed by atoms with van der Waals surface area (Å²) < 4.78 is 0. The first-order chi connectivity index (χ1) is 8.22. The Balaban J connectivity index is 2.38. The van der Waals surface area contributed by atoms with Gasteiger partial charge in [-0.15, -0.1) is 0 Å². The molecule has 0 radical (unpaired) electrons. The summed E-state index contributed by atoms with van der Waals surface area (Å²) in [7, 11) is 0. The SMILES string of the molecule is Cc1cc(C=O)ccc1C(O)c1cccnc1. The summed E-state index contributed by atoms with van der Waals surface area (Å²) >= 11 is 0. The second kappa shape index (κ2) is 4.89. The monoisotopic (exact) mass is 227 g/mol. The standard InChI is InChI=1S/C14H13NO2/c1-10-7-11(9-16)4-5-13(10)14(17)12-3-2-6-15-8-12/h2-9,14,17H,1H3. The Morgan fingerprint density at radius 2 is 2.18 bits per heavy atom. The molecule has 0 saturated carbocycles. The van der Waals surface area contributed by atoms with Crippen LogP contribution < -0.4 is 0 Å². The Morgan fingerprint density at radius 3 is 2.76 bits per heavy atom. The molecule has 86 valence electrons. The van der Waals surface area contributed by atoms with E-state index in [-0.39, 0.29) is 0 Å². The molecule has 2 rings (SSSR count). The van der Waals surface area contributed by atoms with Crippen LogP contribution in [0.1, 0.15) is 33.2 Å². The molecule has 1 aromatic heterocycles. The third-order valence-electron chi connectivity index (χ3n) is 2.72. The number of hydrogen-bond donors (Lipinski definition) is 1. The first-order valence-electron chi connectivity index (χ1n) is 5.36. The van der Waals surface area contributed by atoms with Crippen LogP contribution in [-0.4, -0.2) is 16.4 Å². The highest BCUT2D eigenvalue weighted by Gasteiger charge is 2.12. The molecule has 0 saturated heterocycles. The van der Waals surface area contributed by atoms with Gasteiger partial charge in [0.25, 0.3) is 0 Å². The zero-order valence-corrected chi connectivity index (χ0v) is 9.50. The van der Waals surface area contributed by atoms with Gasteiger partial charge >= 0.3 is 0 Å². The zero-order chi connectivity index (χ0) is 12.3. The van der Waals surface area contributed by atoms with Crippen molar-refractivity contribution in [2.75, 3.05) is 0 Å². The fourth-order valence-corrected chi connectivity index (χ4v) is 1.80. The van der Waals surface area contributed by atoms with Crippen LogP contribution in [0.4, 0.5) is 0 Å². The smallest absolute Gasteiger partial charge is 0.150 e. The molecule has 1 aromatic carbocycles. The van der Waals surface area contributed by atoms with Crippen molar-refractivity contribution in [1.29, 1.82) is 0 Å². The van der Waals surface area contributed by atoms with Gasteiger partial charge in [-0.25, -0.2) is 0 Å². The Morgan fingerprint density at radius 1 is 1.35 bits per heavy atom. The lowest BCUT2D eigenvalue weighted by atomic mass is 9.97. The van der Waals surface area contributed by atoms with Gasteiger partial charge in [-0.05, 0) is 30.2 Å². The highest BCUT2D eigenvalue weighted by Crippen LogP contribution is 2.24. The highest BCUT2D eigenvalue weighted by atomic mass is 16.3. The summed E-state index contributed by atoms with van der Waals surface area (Å²) in [6.07, 6.45) is 3.40. The Bertz CT molecular complexity index is 523. The van der Waals surface area contributed by atoms with E-state index in [1.807, 2.05) is 13.0 Å². The van der Waals surface area contributed by atoms with Crippen LogP contribution >= 0.6 is 0 Å². The number of rotatable bonds is 3. The van der Waals surface area contributed by atoms with Gasteiger partial charge in [-0.2, -0.15) is 0 Å². The van der Waals surface area contributed by atoms with Crippen molar-refractivity contribution in [2.24, 2.45) is 0 Å². The molecule has 0 aliphatic heterocycles. The van der Waals surface area contributed by atoms with Crippen LogP contribution in [0.25, 0.3) is 0 Å². The van der Waals surface area contributed by atoms with Crippen LogP contribution in [-0.2, 0) is 0 Å². The normalized spacial score (nSPS) is 12.1. The number of carbonyl (C=O) groups is 1. The number of nitrogens with zero attached hydrogens (tertiary/aromatic N) is 1. The average molecular weight is 227 g/mol. The predicted octanol–water partition coefficient (Wildman–Crippen LogP) is 2.28. The molecule has 1 atom stereocenters. The fraction of sp³-hybridized carbons (Fsp3) is 0.143. The lowest BCUT2D eigenvalue weighted by Crippen LogP contribution is -2.02. The summed E-state index contributed by atoms with van der Waals surface area (Å²) in [5, 5.41) is 10.2. The predicted molar refractivity (Wildman–Crippen MR) is 64.9 cm³/mol. The summed E-state index contributed by atoms with van der Waals surface area (Å²) in [4.78, 5) is 14.6. The van der Waals surface area contributed by atoms with Crippen LogP contribution in [0.5, 0.6) is 0 Å². The number of aldehydes is 1. The van der Waals surface area contributed by atoms with Gasteiger partial charge in [-0.3, -0.25) is 9.78 Å². The first-order valence-corrected chi connectivity index (χ1v) is 5.36. The maximum Gasteiger partial charge on any atom is 0.150 e. The number of carbonyl (C=O) groups excluding carboxylic acids is 1. The number of pyridine rings is 1. The summed E-state index contributed by atoms with van der Waals surface area (Å²) in [6, 6.07) is 8.85. The topological polar surface area (TPSA) is 50.2 Å². The number of benzene rings is 1. The van der Waals surface area contributed by atoms with Crippen molar-refractivity contribution in [3.05, 3.63) is 65.0 Å². The second-order valence-corrected chi connectivity index (χ2v) is 3.92. The third-order valence-corrected chi connectivity index (χ3v) is 2.72. The van der Waals surface area contributed by atoms with Crippen molar-refractivity contribution in [3.8, 4) is 0 Å². The maximum atomic E-state index is 10.6. The van der Waals surface area contributed by atoms with Gasteiger partial charge in [0, 0.05) is 23.5 Å². The molecule has 0 spiro atoms. The van der Waals surface area contributed by atoms with E-state index in [4.69, 9.17) is 0 Å². The fourth-order valence-electron chi connectivity index (χ4n) is 1.80. The van der Waals surface area contributed by atoms with E-state index >= 15 is 0 Å². The molecule has 17 heavy (non-hydrogen) atoms. The summed E-state index contributed by atoms with van der Waals surface area (Å²) in [6.45, 7) is 1.88. The molecule has 3 heteroatoms. The maximum absolute atomic E-state index is 10.6. The Kier molecular flexibility index (Phi) is 3.30. The summed E-state index contributed by atoms with van der Waals surface area (Å²) in [5.74, 6) is 0. The van der Waals surface area contributed by atoms with Crippen LogP contribution in [0.15, 0.2) is 42.7 Å². The molecule has 0 bridgehead atoms. The number of aliphatic hydroxyl groups excluding tert-OH is 1. The van der Waals surface area contributed by atoms with Crippen molar-refractivity contribution in [1.82, 2.24) is 4.98 Å². The van der Waals surface area contributed by atoms with Crippen LogP contribution in [0.3, 0.4) is 0 Å². The van der Waals surface area contributed by atoms with Gasteiger partial charge in [0.15, 0.2) is 0 Å². The van der Waals surface area contributed by atoms with Gasteiger partial charge < -0.3 is 5.11 Å². The average Bonchev–Trinajstić information content (AvgIpc) is 2.39. The second-order valence-electron chi connectivity index (χ2n) is 3.92. The van der Waals surface area contributed by atoms with E-state index in [9.17, 15) is 9.90 Å². The van der Waals surface area contributed by atoms with E-state index in [1.165, 1.54) is 0 Å². The molecule has 0 fully saturated rings. The molecule has 2 aromatic rings. The van der Waals surface area contributed by atoms with Gasteiger partial charge in [0.05, 0.1) is 0 Å².